The van der Waals surface area contributed by atoms with Crippen molar-refractivity contribution in [2.24, 2.45) is 0 Å². The molecular weight excluding hydrogens is 250 g/mol. The third-order valence-corrected chi connectivity index (χ3v) is 3.49. The molecule has 0 amide bonds. The quantitative estimate of drug-likeness (QED) is 0.547. The van der Waals surface area contributed by atoms with Gasteiger partial charge in [-0.05, 0) is 26.0 Å². The normalized spacial score (nSPS) is 26.5. The minimum atomic E-state index is 0.471. The largest absolute Gasteiger partial charge is 0.312 e. The molecule has 112 valence electrons. The molecule has 0 aromatic carbocycles. The van der Waals surface area contributed by atoms with E-state index in [1.165, 1.54) is 0 Å². The van der Waals surface area contributed by atoms with Crippen molar-refractivity contribution < 1.29 is 0 Å². The third kappa shape index (κ3) is 5.54. The number of hydrogen-bond acceptors (Lipinski definition) is 5. The van der Waals surface area contributed by atoms with E-state index in [1.807, 2.05) is 0 Å². The van der Waals surface area contributed by atoms with Crippen LogP contribution in [-0.4, -0.2) is 43.2 Å². The second-order valence-electron chi connectivity index (χ2n) is 5.59. The summed E-state index contributed by atoms with van der Waals surface area (Å²) >= 11 is 0. The molecule has 0 fully saturated rings. The Labute approximate surface area is 121 Å². The number of pyridine rings is 1. The van der Waals surface area contributed by atoms with Crippen molar-refractivity contribution in [3.63, 3.8) is 0 Å². The van der Waals surface area contributed by atoms with Crippen LogP contribution in [0.15, 0.2) is 18.2 Å². The maximum absolute atomic E-state index is 4.67. The average molecular weight is 277 g/mol. The van der Waals surface area contributed by atoms with Crippen LogP contribution in [0.25, 0.3) is 0 Å². The van der Waals surface area contributed by atoms with E-state index in [9.17, 15) is 0 Å². The number of aromatic nitrogens is 1. The fourth-order valence-electron chi connectivity index (χ4n) is 2.34. The van der Waals surface area contributed by atoms with Crippen LogP contribution in [0, 0.1) is 0 Å². The van der Waals surface area contributed by atoms with Crippen molar-refractivity contribution in [1.82, 2.24) is 26.3 Å². The van der Waals surface area contributed by atoms with E-state index in [1.54, 1.807) is 0 Å². The molecule has 2 heterocycles. The molecule has 1 aromatic heterocycles. The molecule has 0 aliphatic carbocycles. The van der Waals surface area contributed by atoms with Gasteiger partial charge < -0.3 is 21.3 Å². The van der Waals surface area contributed by atoms with E-state index in [0.717, 1.165) is 50.7 Å². The number of nitrogens with zero attached hydrogens (tertiary/aromatic N) is 1. The van der Waals surface area contributed by atoms with Crippen molar-refractivity contribution in [2.75, 3.05) is 26.2 Å². The molecule has 2 rings (SSSR count). The van der Waals surface area contributed by atoms with E-state index >= 15 is 0 Å². The van der Waals surface area contributed by atoms with Gasteiger partial charge in [-0.15, -0.1) is 0 Å². The first-order chi connectivity index (χ1) is 9.74. The van der Waals surface area contributed by atoms with Gasteiger partial charge in [-0.1, -0.05) is 6.07 Å². The van der Waals surface area contributed by atoms with Crippen molar-refractivity contribution >= 4 is 0 Å². The Morgan fingerprint density at radius 2 is 1.40 bits per heavy atom. The number of hydrogen-bond donors (Lipinski definition) is 4. The Kier molecular flexibility index (Phi) is 6.39. The molecule has 4 N–H and O–H groups in total. The highest BCUT2D eigenvalue weighted by Crippen LogP contribution is 1.99. The molecule has 1 aromatic rings. The molecule has 0 radical (unpaired) electrons. The van der Waals surface area contributed by atoms with Gasteiger partial charge in [-0.25, -0.2) is 0 Å². The molecule has 0 spiro atoms. The van der Waals surface area contributed by atoms with E-state index in [2.05, 4.69) is 58.3 Å². The van der Waals surface area contributed by atoms with Gasteiger partial charge in [0.15, 0.2) is 0 Å². The van der Waals surface area contributed by atoms with Crippen molar-refractivity contribution in [2.45, 2.75) is 39.0 Å². The first-order valence-electron chi connectivity index (χ1n) is 7.57. The molecule has 0 saturated carbocycles. The first kappa shape index (κ1) is 15.4. The summed E-state index contributed by atoms with van der Waals surface area (Å²) in [4.78, 5) is 4.67. The van der Waals surface area contributed by atoms with Crippen LogP contribution in [0.1, 0.15) is 25.2 Å². The second-order valence-corrected chi connectivity index (χ2v) is 5.59. The molecule has 2 atom stereocenters. The lowest BCUT2D eigenvalue weighted by Gasteiger charge is -2.17. The molecule has 0 saturated heterocycles. The van der Waals surface area contributed by atoms with E-state index in [0.29, 0.717) is 12.1 Å². The molecule has 1 aliphatic heterocycles. The van der Waals surface area contributed by atoms with Gasteiger partial charge in [0, 0.05) is 51.4 Å². The molecule has 20 heavy (non-hydrogen) atoms. The van der Waals surface area contributed by atoms with Crippen LogP contribution < -0.4 is 21.3 Å². The monoisotopic (exact) mass is 277 g/mol. The number of nitrogens with one attached hydrogen (secondary N) is 4. The molecule has 0 unspecified atom stereocenters. The summed E-state index contributed by atoms with van der Waals surface area (Å²) in [6, 6.07) is 7.19. The predicted octanol–water partition coefficient (Wildman–Crippen LogP) is 0.231. The Morgan fingerprint density at radius 1 is 0.900 bits per heavy atom. The zero-order valence-electron chi connectivity index (χ0n) is 12.6. The van der Waals surface area contributed by atoms with Crippen LogP contribution in [0.2, 0.25) is 0 Å². The topological polar surface area (TPSA) is 61.0 Å². The van der Waals surface area contributed by atoms with Gasteiger partial charge in [-0.2, -0.15) is 0 Å². The number of fused-ring (bicyclic) bond motifs is 2. The smallest absolute Gasteiger partial charge is 0.0545 e. The lowest BCUT2D eigenvalue weighted by atomic mass is 10.2. The van der Waals surface area contributed by atoms with Crippen molar-refractivity contribution in [3.05, 3.63) is 29.6 Å². The lowest BCUT2D eigenvalue weighted by Crippen LogP contribution is -2.43. The molecule has 5 heteroatoms. The van der Waals surface area contributed by atoms with Gasteiger partial charge in [0.05, 0.1) is 11.4 Å². The summed E-state index contributed by atoms with van der Waals surface area (Å²) in [5.41, 5.74) is 2.22. The van der Waals surface area contributed by atoms with Crippen LogP contribution in [-0.2, 0) is 13.1 Å². The Balaban J connectivity index is 1.95. The number of rotatable bonds is 0. The SMILES string of the molecule is C[C@H]1CNCc2cccc(n2)CNC[C@H](C)NCCN1. The highest BCUT2D eigenvalue weighted by Gasteiger charge is 2.05. The maximum Gasteiger partial charge on any atom is 0.0545 e. The third-order valence-electron chi connectivity index (χ3n) is 3.49. The summed E-state index contributed by atoms with van der Waals surface area (Å²) in [7, 11) is 0. The molecule has 1 aliphatic rings. The van der Waals surface area contributed by atoms with Gasteiger partial charge >= 0.3 is 0 Å². The van der Waals surface area contributed by atoms with Gasteiger partial charge in [0.2, 0.25) is 0 Å². The maximum atomic E-state index is 4.67. The lowest BCUT2D eigenvalue weighted by molar-refractivity contribution is 0.461. The Bertz CT molecular complexity index is 362. The second kappa shape index (κ2) is 8.32. The van der Waals surface area contributed by atoms with Crippen molar-refractivity contribution in [1.29, 1.82) is 0 Å². The molecular formula is C15H27N5. The van der Waals surface area contributed by atoms with Crippen LogP contribution >= 0.6 is 0 Å². The Hall–Kier alpha value is -1.01. The van der Waals surface area contributed by atoms with E-state index in [-0.39, 0.29) is 0 Å². The van der Waals surface area contributed by atoms with Gasteiger partial charge in [0.1, 0.15) is 0 Å². The minimum absolute atomic E-state index is 0.471. The molecule has 2 bridgehead atoms. The Morgan fingerprint density at radius 3 is 1.90 bits per heavy atom. The summed E-state index contributed by atoms with van der Waals surface area (Å²) in [6.07, 6.45) is 0. The fraction of sp³-hybridized carbons (Fsp3) is 0.667. The summed E-state index contributed by atoms with van der Waals surface area (Å²) in [5, 5.41) is 13.9. The van der Waals surface area contributed by atoms with E-state index < -0.39 is 0 Å². The van der Waals surface area contributed by atoms with Crippen LogP contribution in [0.5, 0.6) is 0 Å². The van der Waals surface area contributed by atoms with Crippen LogP contribution in [0.4, 0.5) is 0 Å². The minimum Gasteiger partial charge on any atom is -0.312 e. The first-order valence-corrected chi connectivity index (χ1v) is 7.57. The highest BCUT2D eigenvalue weighted by molar-refractivity contribution is 5.11. The summed E-state index contributed by atoms with van der Waals surface area (Å²) < 4.78 is 0. The van der Waals surface area contributed by atoms with Gasteiger partial charge in [-0.3, -0.25) is 4.98 Å². The van der Waals surface area contributed by atoms with E-state index in [4.69, 9.17) is 0 Å². The zero-order chi connectivity index (χ0) is 14.2. The van der Waals surface area contributed by atoms with Crippen LogP contribution in [0.3, 0.4) is 0 Å². The van der Waals surface area contributed by atoms with Crippen molar-refractivity contribution in [3.8, 4) is 0 Å². The standard InChI is InChI=1S/C15H27N5/c1-12-8-16-10-14-4-3-5-15(20-14)11-17-9-13(2)19-7-6-18-12/h3-5,12-13,16-19H,6-11H2,1-2H3/t12-,13-/m0/s1. The summed E-state index contributed by atoms with van der Waals surface area (Å²) in [6.45, 7) is 9.99. The highest BCUT2D eigenvalue weighted by atomic mass is 15.0. The summed E-state index contributed by atoms with van der Waals surface area (Å²) in [5.74, 6) is 0. The molecule has 5 nitrogen and oxygen atoms in total. The van der Waals surface area contributed by atoms with Gasteiger partial charge in [0.25, 0.3) is 0 Å². The average Bonchev–Trinajstić information content (AvgIpc) is 2.44. The fourth-order valence-corrected chi connectivity index (χ4v) is 2.34. The zero-order valence-corrected chi connectivity index (χ0v) is 12.6. The predicted molar refractivity (Wildman–Crippen MR) is 82.6 cm³/mol.